The number of carbonyl (C=O) groups is 2. The molecule has 0 bridgehead atoms. The van der Waals surface area contributed by atoms with E-state index in [9.17, 15) is 9.59 Å². The number of nitrogens with one attached hydrogen (secondary N) is 1. The molecular weight excluding hydrogens is 416 g/mol. The highest BCUT2D eigenvalue weighted by Gasteiger charge is 2.16. The third kappa shape index (κ3) is 4.91. The molecule has 33 heavy (non-hydrogen) atoms. The van der Waals surface area contributed by atoms with Crippen LogP contribution in [0.4, 0.5) is 0 Å². The number of esters is 1. The number of aromatic nitrogens is 2. The first-order valence-corrected chi connectivity index (χ1v) is 10.5. The summed E-state index contributed by atoms with van der Waals surface area (Å²) in [5.74, 6) is 0.0948. The molecule has 1 aromatic heterocycles. The maximum Gasteiger partial charge on any atom is 0.307 e. The van der Waals surface area contributed by atoms with E-state index in [4.69, 9.17) is 10.2 Å². The highest BCUT2D eigenvalue weighted by atomic mass is 16.5. The van der Waals surface area contributed by atoms with Crippen LogP contribution in [0.15, 0.2) is 72.8 Å². The van der Waals surface area contributed by atoms with Crippen molar-refractivity contribution in [2.75, 3.05) is 13.7 Å². The second kappa shape index (κ2) is 9.79. The van der Waals surface area contributed by atoms with Gasteiger partial charge in [0.1, 0.15) is 5.82 Å². The van der Waals surface area contributed by atoms with Crippen LogP contribution < -0.4 is 5.32 Å². The van der Waals surface area contributed by atoms with Crippen molar-refractivity contribution < 1.29 is 14.3 Å². The first-order chi connectivity index (χ1) is 16.1. The van der Waals surface area contributed by atoms with E-state index >= 15 is 0 Å². The summed E-state index contributed by atoms with van der Waals surface area (Å²) in [7, 11) is 1.31. The quantitative estimate of drug-likeness (QED) is 0.441. The lowest BCUT2D eigenvalue weighted by molar-refractivity contribution is -0.140. The molecule has 164 valence electrons. The number of hydrogen-bond acceptors (Lipinski definition) is 5. The van der Waals surface area contributed by atoms with Crippen molar-refractivity contribution in [3.05, 3.63) is 89.5 Å². The van der Waals surface area contributed by atoms with Gasteiger partial charge in [0, 0.05) is 24.2 Å². The Hall–Kier alpha value is -4.44. The molecule has 0 aliphatic rings. The summed E-state index contributed by atoms with van der Waals surface area (Å²) in [5, 5.41) is 11.8. The number of rotatable bonds is 7. The minimum absolute atomic E-state index is 0.110. The van der Waals surface area contributed by atoms with E-state index < -0.39 is 0 Å². The van der Waals surface area contributed by atoms with E-state index in [1.54, 1.807) is 24.3 Å². The first kappa shape index (κ1) is 21.8. The number of fused-ring (bicyclic) bond motifs is 1. The lowest BCUT2D eigenvalue weighted by atomic mass is 10.1. The van der Waals surface area contributed by atoms with E-state index in [0.29, 0.717) is 23.2 Å². The van der Waals surface area contributed by atoms with Crippen LogP contribution in [0.3, 0.4) is 0 Å². The minimum atomic E-state index is -0.377. The summed E-state index contributed by atoms with van der Waals surface area (Å²) in [6.45, 7) is 0.805. The fourth-order valence-electron chi connectivity index (χ4n) is 3.59. The number of imidazole rings is 1. The molecule has 1 amide bonds. The number of benzene rings is 3. The topological polar surface area (TPSA) is 97.0 Å². The largest absolute Gasteiger partial charge is 0.469 e. The van der Waals surface area contributed by atoms with Crippen LogP contribution in [0, 0.1) is 11.3 Å². The Morgan fingerprint density at radius 1 is 1.06 bits per heavy atom. The Labute approximate surface area is 191 Å². The molecule has 7 heteroatoms. The van der Waals surface area contributed by atoms with Crippen molar-refractivity contribution in [1.29, 1.82) is 5.26 Å². The molecule has 0 radical (unpaired) electrons. The fourth-order valence-corrected chi connectivity index (χ4v) is 3.59. The number of ether oxygens (including phenoxy) is 1. The molecule has 1 N–H and O–H groups in total. The molecule has 0 unspecified atom stereocenters. The highest BCUT2D eigenvalue weighted by molar-refractivity contribution is 5.98. The Morgan fingerprint density at radius 2 is 1.82 bits per heavy atom. The minimum Gasteiger partial charge on any atom is -0.469 e. The van der Waals surface area contributed by atoms with E-state index in [1.807, 2.05) is 36.4 Å². The van der Waals surface area contributed by atoms with Crippen molar-refractivity contribution >= 4 is 22.9 Å². The summed E-state index contributed by atoms with van der Waals surface area (Å²) < 4.78 is 6.70. The van der Waals surface area contributed by atoms with Crippen LogP contribution in [0.25, 0.3) is 22.4 Å². The molecule has 0 saturated heterocycles. The second-order valence-corrected chi connectivity index (χ2v) is 7.48. The van der Waals surface area contributed by atoms with E-state index in [1.165, 1.54) is 7.11 Å². The zero-order valence-corrected chi connectivity index (χ0v) is 18.1. The third-order valence-corrected chi connectivity index (χ3v) is 5.31. The van der Waals surface area contributed by atoms with Crippen LogP contribution in [-0.2, 0) is 16.1 Å². The van der Waals surface area contributed by atoms with Gasteiger partial charge in [-0.15, -0.1) is 0 Å². The van der Waals surface area contributed by atoms with Crippen molar-refractivity contribution in [2.24, 2.45) is 0 Å². The SMILES string of the molecule is COC(=O)CCNC(=O)c1ccc2c(c1)nc(-c1ccc(C#N)cc1)n2Cc1ccccc1. The van der Waals surface area contributed by atoms with E-state index in [2.05, 4.69) is 32.8 Å². The third-order valence-electron chi connectivity index (χ3n) is 5.31. The molecule has 4 rings (SSSR count). The van der Waals surface area contributed by atoms with Crippen molar-refractivity contribution in [3.63, 3.8) is 0 Å². The fraction of sp³-hybridized carbons (Fsp3) is 0.154. The van der Waals surface area contributed by atoms with Gasteiger partial charge in [0.15, 0.2) is 0 Å². The van der Waals surface area contributed by atoms with Crippen LogP contribution in [0.2, 0.25) is 0 Å². The molecule has 7 nitrogen and oxygen atoms in total. The van der Waals surface area contributed by atoms with Crippen molar-refractivity contribution in [3.8, 4) is 17.5 Å². The molecule has 0 aliphatic carbocycles. The number of hydrogen-bond donors (Lipinski definition) is 1. The zero-order chi connectivity index (χ0) is 23.2. The maximum absolute atomic E-state index is 12.6. The van der Waals surface area contributed by atoms with Crippen molar-refractivity contribution in [2.45, 2.75) is 13.0 Å². The monoisotopic (exact) mass is 438 g/mol. The van der Waals surface area contributed by atoms with Gasteiger partial charge in [0.25, 0.3) is 5.91 Å². The average Bonchev–Trinajstić information content (AvgIpc) is 3.22. The lowest BCUT2D eigenvalue weighted by Gasteiger charge is -2.10. The van der Waals surface area contributed by atoms with Gasteiger partial charge >= 0.3 is 5.97 Å². The van der Waals surface area contributed by atoms with Crippen LogP contribution in [0.5, 0.6) is 0 Å². The highest BCUT2D eigenvalue weighted by Crippen LogP contribution is 2.27. The van der Waals surface area contributed by atoms with Gasteiger partial charge in [-0.1, -0.05) is 30.3 Å². The van der Waals surface area contributed by atoms with E-state index in [-0.39, 0.29) is 24.8 Å². The van der Waals surface area contributed by atoms with Crippen LogP contribution in [-0.4, -0.2) is 35.1 Å². The molecule has 0 fully saturated rings. The number of nitriles is 1. The molecule has 0 saturated carbocycles. The van der Waals surface area contributed by atoms with Crippen molar-refractivity contribution in [1.82, 2.24) is 14.9 Å². The Morgan fingerprint density at radius 3 is 2.52 bits per heavy atom. The summed E-state index contributed by atoms with van der Waals surface area (Å²) in [5.41, 5.74) is 4.62. The van der Waals surface area contributed by atoms with E-state index in [0.717, 1.165) is 22.5 Å². The Bertz CT molecular complexity index is 1340. The standard InChI is InChI=1S/C26H22N4O3/c1-33-24(31)13-14-28-26(32)21-11-12-23-22(15-21)29-25(20-9-7-18(16-27)8-10-20)30(23)17-19-5-3-2-4-6-19/h2-12,15H,13-14,17H2,1H3,(H,28,32). The second-order valence-electron chi connectivity index (χ2n) is 7.48. The number of carbonyl (C=O) groups excluding carboxylic acids is 2. The normalized spacial score (nSPS) is 10.5. The zero-order valence-electron chi connectivity index (χ0n) is 18.1. The molecule has 0 aliphatic heterocycles. The van der Waals surface area contributed by atoms with Crippen LogP contribution >= 0.6 is 0 Å². The summed E-state index contributed by atoms with van der Waals surface area (Å²) in [4.78, 5) is 28.6. The van der Waals surface area contributed by atoms with Gasteiger partial charge in [-0.3, -0.25) is 9.59 Å². The molecule has 3 aromatic carbocycles. The van der Waals surface area contributed by atoms with Gasteiger partial charge in [-0.2, -0.15) is 5.26 Å². The van der Waals surface area contributed by atoms with Gasteiger partial charge in [0.2, 0.25) is 0 Å². The number of methoxy groups -OCH3 is 1. The van der Waals surface area contributed by atoms with Gasteiger partial charge in [0.05, 0.1) is 36.2 Å². The summed E-state index contributed by atoms with van der Waals surface area (Å²) >= 11 is 0. The predicted octanol–water partition coefficient (Wildman–Crippen LogP) is 3.92. The summed E-state index contributed by atoms with van der Waals surface area (Å²) in [6.07, 6.45) is 0.110. The smallest absolute Gasteiger partial charge is 0.307 e. The number of amides is 1. The molecule has 4 aromatic rings. The lowest BCUT2D eigenvalue weighted by Crippen LogP contribution is -2.26. The van der Waals surface area contributed by atoms with Crippen LogP contribution in [0.1, 0.15) is 27.9 Å². The predicted molar refractivity (Wildman–Crippen MR) is 124 cm³/mol. The molecule has 0 atom stereocenters. The summed E-state index contributed by atoms with van der Waals surface area (Å²) in [6, 6.07) is 24.9. The molecular formula is C26H22N4O3. The number of nitrogens with zero attached hydrogens (tertiary/aromatic N) is 3. The molecule has 0 spiro atoms. The first-order valence-electron chi connectivity index (χ1n) is 10.5. The maximum atomic E-state index is 12.6. The Balaban J connectivity index is 1.70. The molecule has 1 heterocycles. The Kier molecular flexibility index (Phi) is 6.46. The van der Waals surface area contributed by atoms with Gasteiger partial charge in [-0.05, 0) is 48.0 Å². The van der Waals surface area contributed by atoms with Gasteiger partial charge < -0.3 is 14.6 Å². The average molecular weight is 438 g/mol. The van der Waals surface area contributed by atoms with Gasteiger partial charge in [-0.25, -0.2) is 4.98 Å².